The second-order valence-corrected chi connectivity index (χ2v) is 10.6. The third-order valence-corrected chi connectivity index (χ3v) is 6.03. The lowest BCUT2D eigenvalue weighted by Gasteiger charge is -2.39. The molecule has 0 unspecified atom stereocenters. The molecule has 0 spiro atoms. The molecule has 37 heavy (non-hydrogen) atoms. The van der Waals surface area contributed by atoms with E-state index < -0.39 is 0 Å². The van der Waals surface area contributed by atoms with E-state index >= 15 is 0 Å². The normalized spacial score (nSPS) is 17.4. The molecule has 1 aliphatic rings. The molecular formula is C25H46Cl2N6O4. The Labute approximate surface area is 234 Å². The van der Waals surface area contributed by atoms with Gasteiger partial charge in [-0.1, -0.05) is 34.6 Å². The molecule has 1 aliphatic heterocycles. The number of hydrogen-bond donors (Lipinski definition) is 2. The Balaban J connectivity index is 0.00000648. The number of nitrogens with zero attached hydrogens (tertiary/aromatic N) is 4. The number of aromatic nitrogens is 2. The first-order chi connectivity index (χ1) is 16.5. The largest absolute Gasteiger partial charge is 0.385 e. The van der Waals surface area contributed by atoms with Crippen molar-refractivity contribution in [2.24, 2.45) is 11.8 Å². The Morgan fingerprint density at radius 3 is 2.46 bits per heavy atom. The van der Waals surface area contributed by atoms with Crippen LogP contribution in [0.5, 0.6) is 0 Å². The Morgan fingerprint density at radius 2 is 1.89 bits per heavy atom. The molecule has 0 saturated carbocycles. The van der Waals surface area contributed by atoms with E-state index in [2.05, 4.69) is 29.5 Å². The van der Waals surface area contributed by atoms with E-state index in [0.29, 0.717) is 56.4 Å². The number of rotatable bonds is 11. The summed E-state index contributed by atoms with van der Waals surface area (Å²) in [5.74, 6) is 0.965. The smallest absolute Gasteiger partial charge is 0.259 e. The molecule has 1 fully saturated rings. The number of methoxy groups -OCH3 is 1. The van der Waals surface area contributed by atoms with Crippen molar-refractivity contribution in [3.8, 4) is 0 Å². The first kappa shape index (κ1) is 35.3. The van der Waals surface area contributed by atoms with Crippen LogP contribution in [0.3, 0.4) is 0 Å². The minimum absolute atomic E-state index is 0. The standard InChI is InChI=1S/C25H44N6O4.2ClH/c1-17(2)16-31(19-12-18(13-26-14-19)22(32)30(6)35-8)23(33)20-15-28-24(25(3,4)5)29-21(20)27-10-9-11-34-7;;/h15,17-19,26H,9-14,16H2,1-8H3,(H,27,28,29);2*1H/t18-,19+;;/m1../s1. The van der Waals surface area contributed by atoms with Gasteiger partial charge in [-0.25, -0.2) is 15.0 Å². The number of nitrogens with one attached hydrogen (secondary N) is 2. The summed E-state index contributed by atoms with van der Waals surface area (Å²) in [6.07, 6.45) is 2.99. The maximum absolute atomic E-state index is 14.0. The fourth-order valence-corrected chi connectivity index (χ4v) is 4.10. The van der Waals surface area contributed by atoms with Crippen LogP contribution in [0.1, 0.15) is 63.6 Å². The van der Waals surface area contributed by atoms with E-state index in [1.807, 2.05) is 25.7 Å². The van der Waals surface area contributed by atoms with E-state index in [9.17, 15) is 9.59 Å². The molecule has 2 amide bonds. The van der Waals surface area contributed by atoms with E-state index in [0.717, 1.165) is 6.42 Å². The fraction of sp³-hybridized carbons (Fsp3) is 0.760. The molecule has 10 nitrogen and oxygen atoms in total. The number of halogens is 2. The zero-order valence-electron chi connectivity index (χ0n) is 23.5. The number of ether oxygens (including phenoxy) is 1. The molecule has 0 aromatic carbocycles. The summed E-state index contributed by atoms with van der Waals surface area (Å²) in [5.41, 5.74) is 0.190. The maximum atomic E-state index is 14.0. The summed E-state index contributed by atoms with van der Waals surface area (Å²) in [4.78, 5) is 42.9. The van der Waals surface area contributed by atoms with Crippen LogP contribution in [0.2, 0.25) is 0 Å². The molecule has 0 aliphatic carbocycles. The van der Waals surface area contributed by atoms with Crippen LogP contribution in [0.15, 0.2) is 6.20 Å². The predicted molar refractivity (Wildman–Crippen MR) is 151 cm³/mol. The summed E-state index contributed by atoms with van der Waals surface area (Å²) >= 11 is 0. The van der Waals surface area contributed by atoms with Crippen LogP contribution in [-0.4, -0.2) is 91.8 Å². The molecule has 12 heteroatoms. The van der Waals surface area contributed by atoms with Gasteiger partial charge in [0.05, 0.1) is 13.0 Å². The molecule has 0 radical (unpaired) electrons. The average Bonchev–Trinajstić information content (AvgIpc) is 2.83. The Morgan fingerprint density at radius 1 is 1.22 bits per heavy atom. The minimum Gasteiger partial charge on any atom is -0.385 e. The molecule has 1 saturated heterocycles. The highest BCUT2D eigenvalue weighted by Gasteiger charge is 2.35. The van der Waals surface area contributed by atoms with Gasteiger partial charge in [0.2, 0.25) is 5.91 Å². The maximum Gasteiger partial charge on any atom is 0.259 e. The van der Waals surface area contributed by atoms with Crippen LogP contribution < -0.4 is 10.6 Å². The van der Waals surface area contributed by atoms with E-state index in [4.69, 9.17) is 14.6 Å². The van der Waals surface area contributed by atoms with Gasteiger partial charge in [0.1, 0.15) is 17.2 Å². The lowest BCUT2D eigenvalue weighted by atomic mass is 9.92. The molecule has 1 aromatic heterocycles. The number of hydrogen-bond acceptors (Lipinski definition) is 8. The number of piperidine rings is 1. The summed E-state index contributed by atoms with van der Waals surface area (Å²) in [6, 6.07) is -0.138. The third-order valence-electron chi connectivity index (χ3n) is 6.03. The van der Waals surface area contributed by atoms with E-state index in [1.165, 1.54) is 12.2 Å². The van der Waals surface area contributed by atoms with Crippen LogP contribution in [-0.2, 0) is 19.8 Å². The van der Waals surface area contributed by atoms with E-state index in [-0.39, 0.29) is 59.9 Å². The first-order valence-corrected chi connectivity index (χ1v) is 12.4. The summed E-state index contributed by atoms with van der Waals surface area (Å²) in [5, 5.41) is 7.92. The van der Waals surface area contributed by atoms with Crippen LogP contribution in [0.4, 0.5) is 5.82 Å². The topological polar surface area (TPSA) is 109 Å². The molecule has 2 heterocycles. The second-order valence-electron chi connectivity index (χ2n) is 10.6. The third kappa shape index (κ3) is 10.2. The van der Waals surface area contributed by atoms with Gasteiger partial charge in [0.15, 0.2) is 0 Å². The van der Waals surface area contributed by atoms with Crippen molar-refractivity contribution in [1.29, 1.82) is 0 Å². The van der Waals surface area contributed by atoms with Gasteiger partial charge in [-0.15, -0.1) is 24.8 Å². The number of amides is 2. The van der Waals surface area contributed by atoms with Crippen molar-refractivity contribution in [3.05, 3.63) is 17.6 Å². The van der Waals surface area contributed by atoms with Gasteiger partial charge in [-0.3, -0.25) is 14.4 Å². The van der Waals surface area contributed by atoms with Crippen molar-refractivity contribution >= 4 is 42.4 Å². The van der Waals surface area contributed by atoms with Gasteiger partial charge in [0.25, 0.3) is 5.91 Å². The molecular weight excluding hydrogens is 519 g/mol. The summed E-state index contributed by atoms with van der Waals surface area (Å²) in [7, 11) is 4.75. The Hall–Kier alpha value is -1.72. The number of hydroxylamine groups is 2. The van der Waals surface area contributed by atoms with Crippen molar-refractivity contribution in [2.75, 3.05) is 59.4 Å². The quantitative estimate of drug-likeness (QED) is 0.311. The molecule has 2 N–H and O–H groups in total. The van der Waals surface area contributed by atoms with Gasteiger partial charge in [0, 0.05) is 64.6 Å². The van der Waals surface area contributed by atoms with Gasteiger partial charge in [-0.05, 0) is 18.8 Å². The van der Waals surface area contributed by atoms with E-state index in [1.54, 1.807) is 20.4 Å². The molecule has 2 atom stereocenters. The van der Waals surface area contributed by atoms with Crippen molar-refractivity contribution in [3.63, 3.8) is 0 Å². The summed E-state index contributed by atoms with van der Waals surface area (Å²) < 4.78 is 5.16. The number of carbonyl (C=O) groups is 2. The summed E-state index contributed by atoms with van der Waals surface area (Å²) in [6.45, 7) is 13.3. The van der Waals surface area contributed by atoms with Crippen molar-refractivity contribution in [1.82, 2.24) is 25.2 Å². The second kappa shape index (κ2) is 16.3. The highest BCUT2D eigenvalue weighted by molar-refractivity contribution is 5.98. The van der Waals surface area contributed by atoms with Crippen molar-refractivity contribution < 1.29 is 19.2 Å². The highest BCUT2D eigenvalue weighted by Crippen LogP contribution is 2.26. The van der Waals surface area contributed by atoms with Crippen molar-refractivity contribution in [2.45, 2.75) is 58.9 Å². The first-order valence-electron chi connectivity index (χ1n) is 12.4. The highest BCUT2D eigenvalue weighted by atomic mass is 35.5. The average molecular weight is 566 g/mol. The molecule has 1 aromatic rings. The lowest BCUT2D eigenvalue weighted by Crippen LogP contribution is -2.54. The van der Waals surface area contributed by atoms with Crippen LogP contribution in [0.25, 0.3) is 0 Å². The molecule has 0 bridgehead atoms. The van der Waals surface area contributed by atoms with Crippen LogP contribution >= 0.6 is 24.8 Å². The Kier molecular flexibility index (Phi) is 15.5. The molecule has 214 valence electrons. The van der Waals surface area contributed by atoms with Gasteiger partial charge < -0.3 is 20.3 Å². The SMILES string of the molecule is COCCCNc1nc(C(C)(C)C)ncc1C(=O)N(CC(C)C)[C@@H]1CNC[C@H](C(=O)N(C)OC)C1.Cl.Cl. The predicted octanol–water partition coefficient (Wildman–Crippen LogP) is 3.16. The van der Waals surface area contributed by atoms with Crippen LogP contribution in [0, 0.1) is 11.8 Å². The lowest BCUT2D eigenvalue weighted by molar-refractivity contribution is -0.174. The monoisotopic (exact) mass is 564 g/mol. The number of anilines is 1. The zero-order valence-corrected chi connectivity index (χ0v) is 25.1. The number of carbonyl (C=O) groups excluding carboxylic acids is 2. The molecule has 2 rings (SSSR count). The fourth-order valence-electron chi connectivity index (χ4n) is 4.10. The Bertz CT molecular complexity index is 853. The zero-order chi connectivity index (χ0) is 26.2. The van der Waals surface area contributed by atoms with Gasteiger partial charge >= 0.3 is 0 Å². The van der Waals surface area contributed by atoms with Gasteiger partial charge in [-0.2, -0.15) is 0 Å². The minimum atomic E-state index is -0.271.